The van der Waals surface area contributed by atoms with E-state index in [1.54, 1.807) is 13.8 Å². The van der Waals surface area contributed by atoms with Crippen molar-refractivity contribution in [2.75, 3.05) is 7.11 Å². The first kappa shape index (κ1) is 23.6. The van der Waals surface area contributed by atoms with Gasteiger partial charge in [0, 0.05) is 5.56 Å². The van der Waals surface area contributed by atoms with Crippen molar-refractivity contribution < 1.29 is 38.1 Å². The fourth-order valence-corrected chi connectivity index (χ4v) is 3.85. The number of ether oxygens (including phenoxy) is 2. The lowest BCUT2D eigenvalue weighted by atomic mass is 10.2. The number of methoxy groups -OCH3 is 1. The Morgan fingerprint density at radius 1 is 1.11 bits per heavy atom. The second-order valence-corrected chi connectivity index (χ2v) is 8.00. The zero-order chi connectivity index (χ0) is 21.5. The molecule has 0 aliphatic heterocycles. The van der Waals surface area contributed by atoms with Crippen molar-refractivity contribution >= 4 is 25.9 Å². The van der Waals surface area contributed by atoms with Gasteiger partial charge in [-0.1, -0.05) is 0 Å². The van der Waals surface area contributed by atoms with Gasteiger partial charge >= 0.3 is 19.6 Å². The van der Waals surface area contributed by atoms with E-state index in [2.05, 4.69) is 10.2 Å². The second kappa shape index (κ2) is 10.2. The summed E-state index contributed by atoms with van der Waals surface area (Å²) in [5.41, 5.74) is 0.223. The Kier molecular flexibility index (Phi) is 8.62. The van der Waals surface area contributed by atoms with Crippen LogP contribution in [0.2, 0.25) is 0 Å². The van der Waals surface area contributed by atoms with Crippen LogP contribution in [-0.2, 0) is 18.9 Å². The average molecular weight is 416 g/mol. The van der Waals surface area contributed by atoms with Gasteiger partial charge in [0.15, 0.2) is 11.5 Å². The molecular weight excluding hydrogens is 391 g/mol. The average Bonchev–Trinajstić information content (AvgIpc) is 2.60. The largest absolute Gasteiger partial charge is 0.493 e. The number of carboxylic acids is 1. The molecule has 156 valence electrons. The third-order valence-corrected chi connectivity index (χ3v) is 5.26. The molecule has 0 saturated carbocycles. The quantitative estimate of drug-likeness (QED) is 0.279. The summed E-state index contributed by atoms with van der Waals surface area (Å²) in [6.07, 6.45) is 0.160. The molecule has 28 heavy (non-hydrogen) atoms. The van der Waals surface area contributed by atoms with E-state index in [1.807, 2.05) is 0 Å². The van der Waals surface area contributed by atoms with Gasteiger partial charge in [-0.05, 0) is 45.9 Å². The minimum atomic E-state index is -4.15. The van der Waals surface area contributed by atoms with Crippen LogP contribution in [0.4, 0.5) is 0 Å². The topological polar surface area (TPSA) is 140 Å². The normalized spacial score (nSPS) is 15.2. The molecule has 1 unspecified atom stereocenters. The van der Waals surface area contributed by atoms with Gasteiger partial charge in [-0.15, -0.1) is 0 Å². The van der Waals surface area contributed by atoms with Crippen molar-refractivity contribution in [3.05, 3.63) is 23.8 Å². The molecule has 0 heterocycles. The number of hydrogen-bond donors (Lipinski definition) is 3. The number of esters is 1. The number of aldehydes is 1. The fourth-order valence-electron chi connectivity index (χ4n) is 2.02. The molecule has 0 radical (unpaired) electrons. The van der Waals surface area contributed by atoms with E-state index in [9.17, 15) is 18.9 Å². The Labute approximate surface area is 163 Å². The lowest BCUT2D eigenvalue weighted by Gasteiger charge is -2.26. The molecule has 0 amide bonds. The number of hydrogen-bond acceptors (Lipinski definition) is 7. The number of nitrogens with one attached hydrogen (secondary N) is 2. The highest BCUT2D eigenvalue weighted by Gasteiger charge is 2.34. The molecule has 0 bridgehead atoms. The zero-order valence-corrected chi connectivity index (χ0v) is 17.2. The van der Waals surface area contributed by atoms with E-state index in [-0.39, 0.29) is 17.1 Å². The first-order chi connectivity index (χ1) is 13.0. The van der Waals surface area contributed by atoms with Gasteiger partial charge in [0.25, 0.3) is 0 Å². The highest BCUT2D eigenvalue weighted by Crippen LogP contribution is 2.44. The van der Waals surface area contributed by atoms with E-state index in [0.717, 1.165) is 0 Å². The minimum absolute atomic E-state index is 0.0718. The van der Waals surface area contributed by atoms with Crippen LogP contribution in [-0.4, -0.2) is 48.6 Å². The summed E-state index contributed by atoms with van der Waals surface area (Å²) in [4.78, 5) is 34.3. The number of benzene rings is 1. The first-order valence-corrected chi connectivity index (χ1v) is 10.1. The highest BCUT2D eigenvalue weighted by atomic mass is 31.2. The Hall–Kier alpha value is -2.42. The Morgan fingerprint density at radius 2 is 1.71 bits per heavy atom. The summed E-state index contributed by atoms with van der Waals surface area (Å²) >= 11 is 0. The Bertz CT molecular complexity index is 768. The zero-order valence-electron chi connectivity index (χ0n) is 16.3. The molecule has 3 N–H and O–H groups in total. The molecular formula is C17H25N2O8P. The van der Waals surface area contributed by atoms with Crippen molar-refractivity contribution in [3.63, 3.8) is 0 Å². The summed E-state index contributed by atoms with van der Waals surface area (Å²) < 4.78 is 29.0. The number of carbonyl (C=O) groups is 3. The summed E-state index contributed by atoms with van der Waals surface area (Å²) in [7, 11) is -2.81. The fraction of sp³-hybridized carbons (Fsp3) is 0.471. The summed E-state index contributed by atoms with van der Waals surface area (Å²) in [6, 6.07) is 1.83. The minimum Gasteiger partial charge on any atom is -0.493 e. The van der Waals surface area contributed by atoms with Crippen molar-refractivity contribution in [1.29, 1.82) is 0 Å². The van der Waals surface area contributed by atoms with Crippen molar-refractivity contribution in [1.82, 2.24) is 10.2 Å². The van der Waals surface area contributed by atoms with Gasteiger partial charge in [-0.2, -0.15) is 0 Å². The summed E-state index contributed by atoms with van der Waals surface area (Å²) in [5, 5.41) is 13.9. The number of aliphatic carboxylic acids is 1. The van der Waals surface area contributed by atoms with E-state index in [1.165, 1.54) is 39.2 Å². The van der Waals surface area contributed by atoms with Gasteiger partial charge in [-0.3, -0.25) is 14.4 Å². The maximum Gasteiger partial charge on any atom is 0.392 e. The van der Waals surface area contributed by atoms with E-state index in [0.29, 0.717) is 6.29 Å². The molecule has 11 heteroatoms. The molecule has 1 rings (SSSR count). The van der Waals surface area contributed by atoms with Crippen LogP contribution < -0.4 is 19.4 Å². The van der Waals surface area contributed by atoms with Crippen LogP contribution in [0.15, 0.2) is 18.2 Å². The monoisotopic (exact) mass is 416 g/mol. The smallest absolute Gasteiger partial charge is 0.392 e. The number of carbonyl (C=O) groups excluding carboxylic acids is 2. The van der Waals surface area contributed by atoms with Gasteiger partial charge in [0.1, 0.15) is 18.4 Å². The maximum atomic E-state index is 13.3. The molecule has 3 atom stereocenters. The molecule has 0 aliphatic rings. The Morgan fingerprint density at radius 3 is 2.21 bits per heavy atom. The lowest BCUT2D eigenvalue weighted by molar-refractivity contribution is -0.149. The predicted molar refractivity (Wildman–Crippen MR) is 101 cm³/mol. The molecule has 0 fully saturated rings. The van der Waals surface area contributed by atoms with Crippen molar-refractivity contribution in [2.24, 2.45) is 0 Å². The molecule has 1 aromatic carbocycles. The van der Waals surface area contributed by atoms with Crippen molar-refractivity contribution in [3.8, 4) is 11.5 Å². The number of carboxylic acid groups (broad SMARTS) is 1. The van der Waals surface area contributed by atoms with Crippen LogP contribution in [0.1, 0.15) is 38.1 Å². The highest BCUT2D eigenvalue weighted by molar-refractivity contribution is 7.55. The molecule has 0 spiro atoms. The molecule has 10 nitrogen and oxygen atoms in total. The molecule has 0 saturated heterocycles. The lowest BCUT2D eigenvalue weighted by Crippen LogP contribution is -2.43. The molecule has 0 aliphatic carbocycles. The van der Waals surface area contributed by atoms with E-state index >= 15 is 0 Å². The van der Waals surface area contributed by atoms with Gasteiger partial charge in [-0.25, -0.2) is 14.7 Å². The standard InChI is InChI=1S/C17H25N2O8P/c1-10(2)26-17(23)12(4)19-28(24,18-11(3)16(21)22)27-15-8-13(9-20)6-7-14(15)25-5/h6-12H,1-5H3,(H,21,22)(H2,18,19,24)/t11-,12-,28?/m0/s1. The van der Waals surface area contributed by atoms with Gasteiger partial charge < -0.3 is 19.1 Å². The first-order valence-electron chi connectivity index (χ1n) is 8.43. The molecule has 0 aromatic heterocycles. The third-order valence-electron chi connectivity index (χ3n) is 3.35. The predicted octanol–water partition coefficient (Wildman–Crippen LogP) is 1.99. The summed E-state index contributed by atoms with van der Waals surface area (Å²) in [5.74, 6) is -1.89. The van der Waals surface area contributed by atoms with Gasteiger partial charge in [0.2, 0.25) is 0 Å². The van der Waals surface area contributed by atoms with E-state index < -0.39 is 37.8 Å². The van der Waals surface area contributed by atoms with Crippen LogP contribution in [0.3, 0.4) is 0 Å². The van der Waals surface area contributed by atoms with Crippen LogP contribution >= 0.6 is 7.67 Å². The van der Waals surface area contributed by atoms with Crippen LogP contribution in [0, 0.1) is 0 Å². The van der Waals surface area contributed by atoms with Gasteiger partial charge in [0.05, 0.1) is 13.2 Å². The van der Waals surface area contributed by atoms with Crippen LogP contribution in [0.5, 0.6) is 11.5 Å². The van der Waals surface area contributed by atoms with Crippen molar-refractivity contribution in [2.45, 2.75) is 45.9 Å². The van der Waals surface area contributed by atoms with E-state index in [4.69, 9.17) is 19.1 Å². The Balaban J connectivity index is 3.21. The number of rotatable bonds is 11. The second-order valence-electron chi connectivity index (χ2n) is 6.20. The third kappa shape index (κ3) is 6.95. The maximum absolute atomic E-state index is 13.3. The molecule has 1 aromatic rings. The SMILES string of the molecule is COc1ccc(C=O)cc1OP(=O)(N[C@@H](C)C(=O)O)N[C@@H](C)C(=O)OC(C)C. The van der Waals surface area contributed by atoms with Crippen LogP contribution in [0.25, 0.3) is 0 Å². The summed E-state index contributed by atoms with van der Waals surface area (Å²) in [6.45, 7) is 5.96.